The highest BCUT2D eigenvalue weighted by Crippen LogP contribution is 2.23. The maximum Gasteiger partial charge on any atom is 0.214 e. The van der Waals surface area contributed by atoms with Gasteiger partial charge in [-0.05, 0) is 38.3 Å². The molecular weight excluding hydrogens is 248 g/mol. The van der Waals surface area contributed by atoms with Crippen LogP contribution in [0.1, 0.15) is 46.0 Å². The summed E-state index contributed by atoms with van der Waals surface area (Å²) in [5.41, 5.74) is 0. The Morgan fingerprint density at radius 1 is 1.22 bits per heavy atom. The van der Waals surface area contributed by atoms with Gasteiger partial charge in [-0.3, -0.25) is 0 Å². The molecule has 0 aromatic heterocycles. The van der Waals surface area contributed by atoms with Gasteiger partial charge in [0, 0.05) is 13.1 Å². The third-order valence-electron chi connectivity index (χ3n) is 3.67. The van der Waals surface area contributed by atoms with Crippen LogP contribution in [0.4, 0.5) is 0 Å². The van der Waals surface area contributed by atoms with Gasteiger partial charge in [0.1, 0.15) is 0 Å². The van der Waals surface area contributed by atoms with Crippen LogP contribution in [0.5, 0.6) is 0 Å². The first kappa shape index (κ1) is 15.9. The van der Waals surface area contributed by atoms with E-state index in [0.29, 0.717) is 12.2 Å². The summed E-state index contributed by atoms with van der Waals surface area (Å²) in [5, 5.41) is 3.16. The van der Waals surface area contributed by atoms with Crippen molar-refractivity contribution in [1.82, 2.24) is 9.62 Å². The molecule has 0 saturated carbocycles. The van der Waals surface area contributed by atoms with Gasteiger partial charge in [0.2, 0.25) is 10.0 Å². The number of nitrogens with zero attached hydrogens (tertiary/aromatic N) is 1. The van der Waals surface area contributed by atoms with Crippen molar-refractivity contribution < 1.29 is 8.42 Å². The lowest BCUT2D eigenvalue weighted by atomic mass is 9.94. The predicted molar refractivity (Wildman–Crippen MR) is 76.2 cm³/mol. The summed E-state index contributed by atoms with van der Waals surface area (Å²) in [5.74, 6) is 1.03. The second-order valence-electron chi connectivity index (χ2n) is 5.15. The molecule has 1 aliphatic heterocycles. The van der Waals surface area contributed by atoms with Crippen molar-refractivity contribution in [3.05, 3.63) is 0 Å². The van der Waals surface area contributed by atoms with Crippen molar-refractivity contribution in [2.75, 3.05) is 31.9 Å². The largest absolute Gasteiger partial charge is 0.317 e. The van der Waals surface area contributed by atoms with E-state index in [1.165, 1.54) is 12.8 Å². The van der Waals surface area contributed by atoms with E-state index in [2.05, 4.69) is 12.2 Å². The van der Waals surface area contributed by atoms with E-state index in [1.807, 2.05) is 6.92 Å². The molecule has 1 N–H and O–H groups in total. The van der Waals surface area contributed by atoms with Gasteiger partial charge in [0.25, 0.3) is 0 Å². The fourth-order valence-corrected chi connectivity index (χ4v) is 4.10. The number of hydrogen-bond acceptors (Lipinski definition) is 3. The van der Waals surface area contributed by atoms with Gasteiger partial charge in [-0.25, -0.2) is 12.7 Å². The van der Waals surface area contributed by atoms with Crippen LogP contribution in [-0.2, 0) is 10.0 Å². The van der Waals surface area contributed by atoms with Crippen LogP contribution in [0.25, 0.3) is 0 Å². The maximum atomic E-state index is 12.1. The Bertz CT molecular complexity index is 309. The third-order valence-corrected chi connectivity index (χ3v) is 5.63. The summed E-state index contributed by atoms with van der Waals surface area (Å²) >= 11 is 0. The molecule has 0 aromatic rings. The monoisotopic (exact) mass is 276 g/mol. The first-order chi connectivity index (χ1) is 8.60. The number of piperidine rings is 1. The van der Waals surface area contributed by atoms with E-state index >= 15 is 0 Å². The molecule has 4 nitrogen and oxygen atoms in total. The Labute approximate surface area is 112 Å². The lowest BCUT2D eigenvalue weighted by molar-refractivity contribution is 0.262. The summed E-state index contributed by atoms with van der Waals surface area (Å²) < 4.78 is 25.9. The highest BCUT2D eigenvalue weighted by atomic mass is 32.2. The fourth-order valence-electron chi connectivity index (χ4n) is 2.57. The summed E-state index contributed by atoms with van der Waals surface area (Å²) in [6.45, 7) is 7.39. The van der Waals surface area contributed by atoms with Crippen molar-refractivity contribution in [1.29, 1.82) is 0 Å². The lowest BCUT2D eigenvalue weighted by Crippen LogP contribution is -2.40. The van der Waals surface area contributed by atoms with E-state index < -0.39 is 10.0 Å². The Kier molecular flexibility index (Phi) is 7.19. The minimum absolute atomic E-state index is 0.290. The lowest BCUT2D eigenvalue weighted by Gasteiger charge is -2.31. The smallest absolute Gasteiger partial charge is 0.214 e. The summed E-state index contributed by atoms with van der Waals surface area (Å²) in [6, 6.07) is 0. The Hall–Kier alpha value is -0.130. The van der Waals surface area contributed by atoms with Crippen molar-refractivity contribution in [2.24, 2.45) is 5.92 Å². The number of nitrogens with one attached hydrogen (secondary N) is 1. The standard InChI is InChI=1S/C13H28N2O2S/c1-3-6-13-7-10-15(11-8-13)18(16,17)12-5-9-14-4-2/h13-14H,3-12H2,1-2H3. The molecule has 0 bridgehead atoms. The second kappa shape index (κ2) is 8.12. The molecule has 0 radical (unpaired) electrons. The summed E-state index contributed by atoms with van der Waals surface area (Å²) in [6.07, 6.45) is 5.25. The molecule has 1 rings (SSSR count). The van der Waals surface area contributed by atoms with Crippen LogP contribution in [0.3, 0.4) is 0 Å². The molecule has 1 fully saturated rings. The predicted octanol–water partition coefficient (Wildman–Crippen LogP) is 1.83. The highest BCUT2D eigenvalue weighted by molar-refractivity contribution is 7.89. The molecule has 0 amide bonds. The molecule has 0 aromatic carbocycles. The van der Waals surface area contributed by atoms with E-state index in [-0.39, 0.29) is 0 Å². The number of sulfonamides is 1. The molecule has 0 aliphatic carbocycles. The normalized spacial score (nSPS) is 19.2. The van der Waals surface area contributed by atoms with E-state index in [1.54, 1.807) is 4.31 Å². The topological polar surface area (TPSA) is 49.4 Å². The average molecular weight is 276 g/mol. The van der Waals surface area contributed by atoms with Crippen molar-refractivity contribution in [2.45, 2.75) is 46.0 Å². The molecule has 18 heavy (non-hydrogen) atoms. The molecule has 0 atom stereocenters. The van der Waals surface area contributed by atoms with Crippen molar-refractivity contribution in [3.8, 4) is 0 Å². The van der Waals surface area contributed by atoms with Gasteiger partial charge in [0.15, 0.2) is 0 Å². The zero-order valence-electron chi connectivity index (χ0n) is 11.8. The van der Waals surface area contributed by atoms with Crippen LogP contribution < -0.4 is 5.32 Å². The molecule has 1 aliphatic rings. The molecular formula is C13H28N2O2S. The summed E-state index contributed by atoms with van der Waals surface area (Å²) in [4.78, 5) is 0. The minimum Gasteiger partial charge on any atom is -0.317 e. The van der Waals surface area contributed by atoms with Crippen LogP contribution in [0.15, 0.2) is 0 Å². The van der Waals surface area contributed by atoms with E-state index in [9.17, 15) is 8.42 Å². The van der Waals surface area contributed by atoms with Gasteiger partial charge in [-0.15, -0.1) is 0 Å². The van der Waals surface area contributed by atoms with E-state index in [0.717, 1.165) is 44.9 Å². The quantitative estimate of drug-likeness (QED) is 0.688. The summed E-state index contributed by atoms with van der Waals surface area (Å²) in [7, 11) is -3.01. The number of hydrogen-bond donors (Lipinski definition) is 1. The van der Waals surface area contributed by atoms with Gasteiger partial charge < -0.3 is 5.32 Å². The molecule has 1 heterocycles. The second-order valence-corrected chi connectivity index (χ2v) is 7.24. The molecule has 0 unspecified atom stereocenters. The van der Waals surface area contributed by atoms with Crippen LogP contribution in [0, 0.1) is 5.92 Å². The first-order valence-electron chi connectivity index (χ1n) is 7.28. The Balaban J connectivity index is 2.31. The van der Waals surface area contributed by atoms with E-state index in [4.69, 9.17) is 0 Å². The SMILES string of the molecule is CCCC1CCN(S(=O)(=O)CCCNCC)CC1. The van der Waals surface area contributed by atoms with Crippen LogP contribution >= 0.6 is 0 Å². The van der Waals surface area contributed by atoms with Gasteiger partial charge in [-0.1, -0.05) is 26.7 Å². The van der Waals surface area contributed by atoms with Gasteiger partial charge >= 0.3 is 0 Å². The van der Waals surface area contributed by atoms with Gasteiger partial charge in [0.05, 0.1) is 5.75 Å². The highest BCUT2D eigenvalue weighted by Gasteiger charge is 2.26. The average Bonchev–Trinajstić information content (AvgIpc) is 2.36. The molecule has 108 valence electrons. The van der Waals surface area contributed by atoms with Crippen LogP contribution in [-0.4, -0.2) is 44.7 Å². The third kappa shape index (κ3) is 5.24. The Morgan fingerprint density at radius 3 is 2.44 bits per heavy atom. The molecule has 1 saturated heterocycles. The molecule has 5 heteroatoms. The molecule has 0 spiro atoms. The zero-order valence-corrected chi connectivity index (χ0v) is 12.6. The minimum atomic E-state index is -3.01. The van der Waals surface area contributed by atoms with Crippen LogP contribution in [0.2, 0.25) is 0 Å². The van der Waals surface area contributed by atoms with Crippen molar-refractivity contribution in [3.63, 3.8) is 0 Å². The van der Waals surface area contributed by atoms with Crippen molar-refractivity contribution >= 4 is 10.0 Å². The maximum absolute atomic E-state index is 12.1. The number of rotatable bonds is 8. The van der Waals surface area contributed by atoms with Gasteiger partial charge in [-0.2, -0.15) is 0 Å². The first-order valence-corrected chi connectivity index (χ1v) is 8.89. The Morgan fingerprint density at radius 2 is 1.89 bits per heavy atom. The fraction of sp³-hybridized carbons (Fsp3) is 1.00. The zero-order chi connectivity index (χ0) is 13.4.